The maximum absolute atomic E-state index is 13.0. The molecule has 9 heteroatoms. The molecule has 0 bridgehead atoms. The van der Waals surface area contributed by atoms with Crippen molar-refractivity contribution in [2.75, 3.05) is 19.8 Å². The zero-order valence-corrected chi connectivity index (χ0v) is 11.1. The molecule has 0 aromatic heterocycles. The second kappa shape index (κ2) is 7.00. The van der Waals surface area contributed by atoms with Gasteiger partial charge in [-0.1, -0.05) is 0 Å². The summed E-state index contributed by atoms with van der Waals surface area (Å²) in [6, 6.07) is 1.69. The maximum Gasteiger partial charge on any atom is 0.315 e. The van der Waals surface area contributed by atoms with Gasteiger partial charge in [-0.25, -0.2) is 4.39 Å². The molecule has 7 nitrogen and oxygen atoms in total. The fourth-order valence-corrected chi connectivity index (χ4v) is 1.75. The van der Waals surface area contributed by atoms with E-state index in [1.807, 2.05) is 0 Å². The lowest BCUT2D eigenvalue weighted by Crippen LogP contribution is -2.31. The number of nitrogens with one attached hydrogen (secondary N) is 1. The lowest BCUT2D eigenvalue weighted by atomic mass is 10.3. The van der Waals surface area contributed by atoms with Crippen LogP contribution in [0.4, 0.5) is 10.1 Å². The number of hydrogen-bond acceptors (Lipinski definition) is 5. The number of aliphatic hydroxyl groups is 1. The fraction of sp³-hybridized carbons (Fsp3) is 0.300. The first-order valence-electron chi connectivity index (χ1n) is 5.09. The summed E-state index contributed by atoms with van der Waals surface area (Å²) in [6.07, 6.45) is 0. The fourth-order valence-electron chi connectivity index (χ4n) is 1.21. The summed E-state index contributed by atoms with van der Waals surface area (Å²) in [5, 5.41) is 21.6. The SMILES string of the molecule is O=C(COc1c(Br)cc(F)cc1[N+](=O)[O-])NCCO. The summed E-state index contributed by atoms with van der Waals surface area (Å²) in [4.78, 5) is 21.2. The van der Waals surface area contributed by atoms with Gasteiger partial charge in [0.25, 0.3) is 5.91 Å². The van der Waals surface area contributed by atoms with Crippen LogP contribution in [0.5, 0.6) is 5.75 Å². The van der Waals surface area contributed by atoms with Gasteiger partial charge < -0.3 is 15.2 Å². The highest BCUT2D eigenvalue weighted by Gasteiger charge is 2.21. The summed E-state index contributed by atoms with van der Waals surface area (Å²) < 4.78 is 18.1. The molecular weight excluding hydrogens is 327 g/mol. The van der Waals surface area contributed by atoms with Gasteiger partial charge in [-0.05, 0) is 22.0 Å². The summed E-state index contributed by atoms with van der Waals surface area (Å²) in [5.41, 5.74) is -0.582. The molecule has 19 heavy (non-hydrogen) atoms. The van der Waals surface area contributed by atoms with Gasteiger partial charge in [0.2, 0.25) is 5.75 Å². The van der Waals surface area contributed by atoms with Crippen molar-refractivity contribution in [1.82, 2.24) is 5.32 Å². The molecule has 2 N–H and O–H groups in total. The highest BCUT2D eigenvalue weighted by molar-refractivity contribution is 9.10. The highest BCUT2D eigenvalue weighted by atomic mass is 79.9. The standard InChI is InChI=1S/C10H10BrFN2O5/c11-7-3-6(12)4-8(14(17)18)10(7)19-5-9(16)13-1-2-15/h3-4,15H,1-2,5H2,(H,13,16). The minimum absolute atomic E-state index is 0.0363. The topological polar surface area (TPSA) is 102 Å². The van der Waals surface area contributed by atoms with Crippen molar-refractivity contribution in [3.63, 3.8) is 0 Å². The van der Waals surface area contributed by atoms with Crippen molar-refractivity contribution >= 4 is 27.5 Å². The van der Waals surface area contributed by atoms with Gasteiger partial charge in [0.05, 0.1) is 22.1 Å². The Labute approximate surface area is 115 Å². The van der Waals surface area contributed by atoms with Gasteiger partial charge in [-0.15, -0.1) is 0 Å². The quantitative estimate of drug-likeness (QED) is 0.595. The monoisotopic (exact) mass is 336 g/mol. The first-order valence-corrected chi connectivity index (χ1v) is 5.88. The van der Waals surface area contributed by atoms with Crippen LogP contribution >= 0.6 is 15.9 Å². The Kier molecular flexibility index (Phi) is 5.64. The van der Waals surface area contributed by atoms with Crippen molar-refractivity contribution in [3.8, 4) is 5.75 Å². The van der Waals surface area contributed by atoms with E-state index in [1.165, 1.54) is 0 Å². The van der Waals surface area contributed by atoms with E-state index in [-0.39, 0.29) is 23.4 Å². The Morgan fingerprint density at radius 2 is 2.26 bits per heavy atom. The molecule has 0 spiro atoms. The predicted octanol–water partition coefficient (Wildman–Crippen LogP) is 0.984. The number of rotatable bonds is 6. The largest absolute Gasteiger partial charge is 0.476 e. The molecule has 0 heterocycles. The lowest BCUT2D eigenvalue weighted by molar-refractivity contribution is -0.386. The molecule has 0 radical (unpaired) electrons. The first kappa shape index (κ1) is 15.3. The van der Waals surface area contributed by atoms with Gasteiger partial charge in [0.15, 0.2) is 6.61 Å². The van der Waals surface area contributed by atoms with Gasteiger partial charge in [-0.2, -0.15) is 0 Å². The predicted molar refractivity (Wildman–Crippen MR) is 66.3 cm³/mol. The van der Waals surface area contributed by atoms with Gasteiger partial charge in [0.1, 0.15) is 5.82 Å². The molecule has 1 aromatic rings. The number of nitro groups is 1. The third kappa shape index (κ3) is 4.45. The molecule has 0 atom stereocenters. The van der Waals surface area contributed by atoms with Gasteiger partial charge >= 0.3 is 5.69 Å². The minimum atomic E-state index is -0.811. The molecule has 0 saturated heterocycles. The molecule has 0 fully saturated rings. The maximum atomic E-state index is 13.0. The second-order valence-electron chi connectivity index (χ2n) is 3.36. The Balaban J connectivity index is 2.83. The molecular formula is C10H10BrFN2O5. The smallest absolute Gasteiger partial charge is 0.315 e. The van der Waals surface area contributed by atoms with Crippen LogP contribution in [0, 0.1) is 15.9 Å². The minimum Gasteiger partial charge on any atom is -0.476 e. The van der Waals surface area contributed by atoms with Crippen LogP contribution in [-0.2, 0) is 4.79 Å². The second-order valence-corrected chi connectivity index (χ2v) is 4.21. The van der Waals surface area contributed by atoms with E-state index in [2.05, 4.69) is 21.2 Å². The Hall–Kier alpha value is -1.74. The van der Waals surface area contributed by atoms with Gasteiger partial charge in [-0.3, -0.25) is 14.9 Å². The zero-order chi connectivity index (χ0) is 14.4. The molecule has 0 aliphatic carbocycles. The lowest BCUT2D eigenvalue weighted by Gasteiger charge is -2.08. The molecule has 1 amide bonds. The van der Waals surface area contributed by atoms with Crippen LogP contribution in [0.3, 0.4) is 0 Å². The van der Waals surface area contributed by atoms with Crippen LogP contribution in [0.15, 0.2) is 16.6 Å². The summed E-state index contributed by atoms with van der Waals surface area (Å²) in [7, 11) is 0. The number of carbonyl (C=O) groups excluding carboxylic acids is 1. The molecule has 0 saturated carbocycles. The number of benzene rings is 1. The average molecular weight is 337 g/mol. The summed E-state index contributed by atoms with van der Waals surface area (Å²) in [6.45, 7) is -0.661. The Morgan fingerprint density at radius 1 is 1.58 bits per heavy atom. The van der Waals surface area contributed by atoms with Crippen LogP contribution in [0.1, 0.15) is 0 Å². The number of ether oxygens (including phenoxy) is 1. The van der Waals surface area contributed by atoms with Crippen molar-refractivity contribution in [3.05, 3.63) is 32.5 Å². The van der Waals surface area contributed by atoms with E-state index in [9.17, 15) is 19.3 Å². The molecule has 0 aliphatic heterocycles. The van der Waals surface area contributed by atoms with Crippen molar-refractivity contribution in [1.29, 1.82) is 0 Å². The number of aliphatic hydroxyl groups excluding tert-OH is 1. The third-order valence-corrected chi connectivity index (χ3v) is 2.56. The van der Waals surface area contributed by atoms with Crippen molar-refractivity contribution < 1.29 is 24.0 Å². The third-order valence-electron chi connectivity index (χ3n) is 1.97. The Bertz CT molecular complexity index is 497. The number of nitrogens with zero attached hydrogens (tertiary/aromatic N) is 1. The van der Waals surface area contributed by atoms with E-state index in [0.717, 1.165) is 6.07 Å². The van der Waals surface area contributed by atoms with Crippen LogP contribution in [0.25, 0.3) is 0 Å². The van der Waals surface area contributed by atoms with Gasteiger partial charge in [0, 0.05) is 6.54 Å². The van der Waals surface area contributed by atoms with Crippen LogP contribution in [0.2, 0.25) is 0 Å². The first-order chi connectivity index (χ1) is 8.95. The van der Waals surface area contributed by atoms with Crippen molar-refractivity contribution in [2.45, 2.75) is 0 Å². The molecule has 0 unspecified atom stereocenters. The Morgan fingerprint density at radius 3 is 2.84 bits per heavy atom. The van der Waals surface area contributed by atoms with E-state index in [0.29, 0.717) is 6.07 Å². The van der Waals surface area contributed by atoms with E-state index >= 15 is 0 Å². The normalized spacial score (nSPS) is 10.1. The number of halogens is 2. The summed E-state index contributed by atoms with van der Waals surface area (Å²) >= 11 is 2.93. The van der Waals surface area contributed by atoms with E-state index in [1.54, 1.807) is 0 Å². The van der Waals surface area contributed by atoms with E-state index < -0.39 is 28.9 Å². The highest BCUT2D eigenvalue weighted by Crippen LogP contribution is 2.35. The molecule has 1 rings (SSSR count). The van der Waals surface area contributed by atoms with E-state index in [4.69, 9.17) is 9.84 Å². The number of nitro benzene ring substituents is 1. The molecule has 0 aliphatic rings. The van der Waals surface area contributed by atoms with Crippen LogP contribution in [-0.4, -0.2) is 35.7 Å². The molecule has 104 valence electrons. The average Bonchev–Trinajstić information content (AvgIpc) is 2.34. The number of hydrogen-bond donors (Lipinski definition) is 2. The van der Waals surface area contributed by atoms with Crippen LogP contribution < -0.4 is 10.1 Å². The molecule has 1 aromatic carbocycles. The number of carbonyl (C=O) groups is 1. The van der Waals surface area contributed by atoms with Crippen molar-refractivity contribution in [2.24, 2.45) is 0 Å². The number of amides is 1. The summed E-state index contributed by atoms with van der Waals surface area (Å²) in [5.74, 6) is -1.58. The zero-order valence-electron chi connectivity index (χ0n) is 9.56.